The van der Waals surface area contributed by atoms with Gasteiger partial charge < -0.3 is 5.73 Å². The summed E-state index contributed by atoms with van der Waals surface area (Å²) in [4.78, 5) is -0.0255. The van der Waals surface area contributed by atoms with Gasteiger partial charge in [-0.15, -0.1) is 0 Å². The molecule has 0 aliphatic heterocycles. The van der Waals surface area contributed by atoms with Crippen LogP contribution >= 0.6 is 11.6 Å². The van der Waals surface area contributed by atoms with Crippen molar-refractivity contribution in [2.75, 3.05) is 10.5 Å². The van der Waals surface area contributed by atoms with Crippen LogP contribution in [0.25, 0.3) is 0 Å². The van der Waals surface area contributed by atoms with E-state index in [2.05, 4.69) is 4.72 Å². The lowest BCUT2D eigenvalue weighted by Gasteiger charge is -2.12. The molecule has 0 fully saturated rings. The number of hydrogen-bond donors (Lipinski definition) is 2. The first-order valence-corrected chi connectivity index (χ1v) is 7.91. The molecule has 0 unspecified atom stereocenters. The minimum Gasteiger partial charge on any atom is -0.398 e. The lowest BCUT2D eigenvalue weighted by molar-refractivity contribution is 0.598. The molecule has 0 heterocycles. The fourth-order valence-corrected chi connectivity index (χ4v) is 3.14. The zero-order valence-corrected chi connectivity index (χ0v) is 13.0. The van der Waals surface area contributed by atoms with Crippen molar-refractivity contribution in [1.29, 1.82) is 0 Å². The smallest absolute Gasteiger partial charge is 0.262 e. The van der Waals surface area contributed by atoms with Crippen LogP contribution in [-0.4, -0.2) is 8.42 Å². The molecule has 0 spiro atoms. The first-order valence-electron chi connectivity index (χ1n) is 6.05. The summed E-state index contributed by atoms with van der Waals surface area (Å²) in [6.07, 6.45) is 0. The summed E-state index contributed by atoms with van der Waals surface area (Å²) in [5.74, 6) is -0.709. The second-order valence-electron chi connectivity index (χ2n) is 4.68. The van der Waals surface area contributed by atoms with E-state index in [0.29, 0.717) is 5.69 Å². The molecule has 3 N–H and O–H groups in total. The Bertz CT molecular complexity index is 784. The number of sulfonamides is 1. The topological polar surface area (TPSA) is 72.2 Å². The molecule has 112 valence electrons. The molecular weight excluding hydrogens is 315 g/mol. The van der Waals surface area contributed by atoms with E-state index >= 15 is 0 Å². The Morgan fingerprint density at radius 2 is 1.86 bits per heavy atom. The number of rotatable bonds is 3. The highest BCUT2D eigenvalue weighted by Crippen LogP contribution is 2.26. The van der Waals surface area contributed by atoms with E-state index in [9.17, 15) is 12.8 Å². The van der Waals surface area contributed by atoms with E-state index in [0.717, 1.165) is 17.2 Å². The molecule has 2 aromatic carbocycles. The average molecular weight is 329 g/mol. The highest BCUT2D eigenvalue weighted by Gasteiger charge is 2.18. The molecule has 7 heteroatoms. The molecule has 0 aromatic heterocycles. The molecule has 2 aromatic rings. The molecular formula is C14H14ClFN2O2S. The molecule has 0 bridgehead atoms. The molecule has 2 rings (SSSR count). The summed E-state index contributed by atoms with van der Waals surface area (Å²) in [5.41, 5.74) is 7.48. The minimum absolute atomic E-state index is 0.0255. The van der Waals surface area contributed by atoms with E-state index < -0.39 is 15.8 Å². The average Bonchev–Trinajstić information content (AvgIpc) is 2.39. The first kappa shape index (κ1) is 15.6. The third-order valence-electron chi connectivity index (χ3n) is 3.16. The number of aryl methyl sites for hydroxylation is 1. The van der Waals surface area contributed by atoms with Gasteiger partial charge in [0.2, 0.25) is 0 Å². The van der Waals surface area contributed by atoms with Crippen molar-refractivity contribution in [3.63, 3.8) is 0 Å². The number of anilines is 2. The number of halogens is 2. The Hall–Kier alpha value is -1.79. The monoisotopic (exact) mass is 328 g/mol. The number of benzene rings is 2. The van der Waals surface area contributed by atoms with Gasteiger partial charge in [-0.2, -0.15) is 0 Å². The van der Waals surface area contributed by atoms with Crippen LogP contribution in [0.2, 0.25) is 5.02 Å². The van der Waals surface area contributed by atoms with Gasteiger partial charge in [-0.1, -0.05) is 11.6 Å². The van der Waals surface area contributed by atoms with Crippen LogP contribution in [0.15, 0.2) is 35.2 Å². The van der Waals surface area contributed by atoms with Crippen molar-refractivity contribution in [3.8, 4) is 0 Å². The van der Waals surface area contributed by atoms with Gasteiger partial charge in [-0.3, -0.25) is 4.72 Å². The van der Waals surface area contributed by atoms with Gasteiger partial charge in [0.15, 0.2) is 0 Å². The maximum absolute atomic E-state index is 13.6. The zero-order valence-electron chi connectivity index (χ0n) is 11.4. The molecule has 0 aliphatic carbocycles. The highest BCUT2D eigenvalue weighted by atomic mass is 35.5. The van der Waals surface area contributed by atoms with Crippen LogP contribution in [0.3, 0.4) is 0 Å². The van der Waals surface area contributed by atoms with E-state index in [1.165, 1.54) is 24.3 Å². The second-order valence-corrected chi connectivity index (χ2v) is 6.80. The maximum Gasteiger partial charge on any atom is 0.262 e. The SMILES string of the molecule is Cc1cc(S(=O)(=O)Nc2cc(Cl)ccc2F)cc(N)c1C. The molecule has 0 amide bonds. The van der Waals surface area contributed by atoms with Crippen molar-refractivity contribution in [2.24, 2.45) is 0 Å². The van der Waals surface area contributed by atoms with Crippen molar-refractivity contribution in [1.82, 2.24) is 0 Å². The Kier molecular flexibility index (Phi) is 4.11. The number of nitrogens with one attached hydrogen (secondary N) is 1. The maximum atomic E-state index is 13.6. The molecule has 21 heavy (non-hydrogen) atoms. The van der Waals surface area contributed by atoms with Crippen LogP contribution in [0.5, 0.6) is 0 Å². The van der Waals surface area contributed by atoms with Crippen LogP contribution in [0, 0.1) is 19.7 Å². The van der Waals surface area contributed by atoms with Gasteiger partial charge in [-0.25, -0.2) is 12.8 Å². The predicted octanol–water partition coefficient (Wildman–Crippen LogP) is 3.48. The number of nitrogen functional groups attached to an aromatic ring is 1. The fraction of sp³-hybridized carbons (Fsp3) is 0.143. The fourth-order valence-electron chi connectivity index (χ4n) is 1.79. The van der Waals surface area contributed by atoms with E-state index in [4.69, 9.17) is 17.3 Å². The van der Waals surface area contributed by atoms with Gasteiger partial charge >= 0.3 is 0 Å². The molecule has 0 aliphatic rings. The Labute approximate surface area is 127 Å². The summed E-state index contributed by atoms with van der Waals surface area (Å²) in [7, 11) is -3.94. The van der Waals surface area contributed by atoms with Crippen molar-refractivity contribution in [2.45, 2.75) is 18.7 Å². The normalized spacial score (nSPS) is 11.4. The van der Waals surface area contributed by atoms with E-state index in [-0.39, 0.29) is 15.6 Å². The van der Waals surface area contributed by atoms with Gasteiger partial charge in [0, 0.05) is 10.7 Å². The van der Waals surface area contributed by atoms with Crippen molar-refractivity contribution < 1.29 is 12.8 Å². The second kappa shape index (κ2) is 5.54. The van der Waals surface area contributed by atoms with Gasteiger partial charge in [0.25, 0.3) is 10.0 Å². The molecule has 0 atom stereocenters. The summed E-state index contributed by atoms with van der Waals surface area (Å²) in [6, 6.07) is 6.46. The third kappa shape index (κ3) is 3.28. The quantitative estimate of drug-likeness (QED) is 0.847. The third-order valence-corrected chi connectivity index (χ3v) is 4.74. The van der Waals surface area contributed by atoms with E-state index in [1.54, 1.807) is 13.8 Å². The lowest BCUT2D eigenvalue weighted by Crippen LogP contribution is -2.15. The minimum atomic E-state index is -3.94. The standard InChI is InChI=1S/C14H14ClFN2O2S/c1-8-5-11(7-13(17)9(8)2)21(19,20)18-14-6-10(15)3-4-12(14)16/h3-7,18H,17H2,1-2H3. The first-order chi connectivity index (χ1) is 9.70. The van der Waals surface area contributed by atoms with Crippen LogP contribution < -0.4 is 10.5 Å². The summed E-state index contributed by atoms with van der Waals surface area (Å²) >= 11 is 5.74. The number of hydrogen-bond acceptors (Lipinski definition) is 3. The van der Waals surface area contributed by atoms with Gasteiger partial charge in [-0.05, 0) is 55.3 Å². The zero-order chi connectivity index (χ0) is 15.8. The molecule has 0 saturated carbocycles. The predicted molar refractivity (Wildman–Crippen MR) is 82.5 cm³/mol. The molecule has 4 nitrogen and oxygen atoms in total. The Balaban J connectivity index is 2.46. The Morgan fingerprint density at radius 1 is 1.19 bits per heavy atom. The highest BCUT2D eigenvalue weighted by molar-refractivity contribution is 7.92. The van der Waals surface area contributed by atoms with Crippen molar-refractivity contribution in [3.05, 3.63) is 52.3 Å². The summed E-state index contributed by atoms with van der Waals surface area (Å²) in [5, 5.41) is 0.230. The molecule has 0 saturated heterocycles. The van der Waals surface area contributed by atoms with Gasteiger partial charge in [0.1, 0.15) is 5.82 Å². The Morgan fingerprint density at radius 3 is 2.48 bits per heavy atom. The summed E-state index contributed by atoms with van der Waals surface area (Å²) in [6.45, 7) is 3.55. The molecule has 0 radical (unpaired) electrons. The summed E-state index contributed by atoms with van der Waals surface area (Å²) < 4.78 is 40.4. The number of nitrogens with two attached hydrogens (primary N) is 1. The van der Waals surface area contributed by atoms with E-state index in [1.807, 2.05) is 0 Å². The lowest BCUT2D eigenvalue weighted by atomic mass is 10.1. The van der Waals surface area contributed by atoms with Gasteiger partial charge in [0.05, 0.1) is 10.6 Å². The van der Waals surface area contributed by atoms with Crippen LogP contribution in [0.4, 0.5) is 15.8 Å². The largest absolute Gasteiger partial charge is 0.398 e. The van der Waals surface area contributed by atoms with Crippen LogP contribution in [-0.2, 0) is 10.0 Å². The van der Waals surface area contributed by atoms with Crippen molar-refractivity contribution >= 4 is 33.0 Å². The van der Waals surface area contributed by atoms with Crippen LogP contribution in [0.1, 0.15) is 11.1 Å².